The van der Waals surface area contributed by atoms with Crippen LogP contribution in [0.3, 0.4) is 0 Å². The molecule has 144 valence electrons. The molecule has 27 heavy (non-hydrogen) atoms. The Labute approximate surface area is 163 Å². The van der Waals surface area contributed by atoms with Crippen molar-refractivity contribution in [1.29, 1.82) is 0 Å². The number of amides is 2. The zero-order chi connectivity index (χ0) is 19.2. The standard InChI is InChI=1S/C20H25N3O3S/c1-13-10-14(19(24)21-15-6-4-3-5-7-15)8-9-16(13)23-20(25)17-12-27-18(22-17)11-26-2/h8-10,12,15H,3-7,11H2,1-2H3,(H,21,24)(H,23,25). The van der Waals surface area contributed by atoms with Crippen molar-refractivity contribution in [2.24, 2.45) is 0 Å². The maximum absolute atomic E-state index is 12.5. The summed E-state index contributed by atoms with van der Waals surface area (Å²) in [6.07, 6.45) is 5.72. The van der Waals surface area contributed by atoms with Crippen molar-refractivity contribution < 1.29 is 14.3 Å². The van der Waals surface area contributed by atoms with Gasteiger partial charge in [-0.15, -0.1) is 11.3 Å². The number of carbonyl (C=O) groups excluding carboxylic acids is 2. The predicted molar refractivity (Wildman–Crippen MR) is 106 cm³/mol. The molecule has 1 aliphatic rings. The van der Waals surface area contributed by atoms with E-state index in [0.717, 1.165) is 23.4 Å². The number of benzene rings is 1. The zero-order valence-corrected chi connectivity index (χ0v) is 16.5. The number of carbonyl (C=O) groups is 2. The second-order valence-electron chi connectivity index (χ2n) is 6.85. The molecule has 1 saturated carbocycles. The first-order chi connectivity index (χ1) is 13.1. The lowest BCUT2D eigenvalue weighted by molar-refractivity contribution is 0.0927. The van der Waals surface area contributed by atoms with Crippen LogP contribution in [-0.2, 0) is 11.3 Å². The van der Waals surface area contributed by atoms with Gasteiger partial charge in [0.05, 0.1) is 6.61 Å². The summed E-state index contributed by atoms with van der Waals surface area (Å²) >= 11 is 1.39. The van der Waals surface area contributed by atoms with Gasteiger partial charge in [-0.1, -0.05) is 19.3 Å². The molecular formula is C20H25N3O3S. The van der Waals surface area contributed by atoms with Crippen molar-refractivity contribution in [2.75, 3.05) is 12.4 Å². The van der Waals surface area contributed by atoms with Crippen LogP contribution < -0.4 is 10.6 Å². The van der Waals surface area contributed by atoms with Crippen LogP contribution in [0.15, 0.2) is 23.6 Å². The fourth-order valence-electron chi connectivity index (χ4n) is 3.25. The number of anilines is 1. The maximum atomic E-state index is 12.5. The molecule has 7 heteroatoms. The number of hydrogen-bond acceptors (Lipinski definition) is 5. The number of aromatic nitrogens is 1. The molecule has 6 nitrogen and oxygen atoms in total. The van der Waals surface area contributed by atoms with Crippen LogP contribution in [-0.4, -0.2) is 29.9 Å². The van der Waals surface area contributed by atoms with Gasteiger partial charge in [0.15, 0.2) is 0 Å². The number of methoxy groups -OCH3 is 1. The minimum atomic E-state index is -0.267. The Balaban J connectivity index is 1.63. The minimum Gasteiger partial charge on any atom is -0.378 e. The Morgan fingerprint density at radius 1 is 1.22 bits per heavy atom. The molecule has 2 N–H and O–H groups in total. The van der Waals surface area contributed by atoms with Crippen molar-refractivity contribution in [3.05, 3.63) is 45.4 Å². The number of nitrogens with one attached hydrogen (secondary N) is 2. The van der Waals surface area contributed by atoms with Gasteiger partial charge in [-0.25, -0.2) is 4.98 Å². The highest BCUT2D eigenvalue weighted by Gasteiger charge is 2.18. The summed E-state index contributed by atoms with van der Waals surface area (Å²) in [7, 11) is 1.59. The second kappa shape index (κ2) is 9.10. The van der Waals surface area contributed by atoms with Gasteiger partial charge in [-0.05, 0) is 43.5 Å². The molecule has 0 spiro atoms. The van der Waals surface area contributed by atoms with Crippen molar-refractivity contribution in [2.45, 2.75) is 51.7 Å². The van der Waals surface area contributed by atoms with Crippen LogP contribution in [0.5, 0.6) is 0 Å². The van der Waals surface area contributed by atoms with Crippen LogP contribution in [0.4, 0.5) is 5.69 Å². The summed E-state index contributed by atoms with van der Waals surface area (Å²) in [6, 6.07) is 5.60. The topological polar surface area (TPSA) is 80.3 Å². The number of nitrogens with zero attached hydrogens (tertiary/aromatic N) is 1. The summed E-state index contributed by atoms with van der Waals surface area (Å²) in [5.41, 5.74) is 2.50. The van der Waals surface area contributed by atoms with E-state index in [1.807, 2.05) is 13.0 Å². The SMILES string of the molecule is COCc1nc(C(=O)Nc2ccc(C(=O)NC3CCCCC3)cc2C)cs1. The Bertz CT molecular complexity index is 813. The highest BCUT2D eigenvalue weighted by molar-refractivity contribution is 7.09. The first-order valence-electron chi connectivity index (χ1n) is 9.23. The molecule has 1 fully saturated rings. The van der Waals surface area contributed by atoms with Crippen LogP contribution in [0.1, 0.15) is 63.5 Å². The molecular weight excluding hydrogens is 362 g/mol. The van der Waals surface area contributed by atoms with Crippen LogP contribution >= 0.6 is 11.3 Å². The van der Waals surface area contributed by atoms with E-state index in [1.54, 1.807) is 24.6 Å². The monoisotopic (exact) mass is 387 g/mol. The second-order valence-corrected chi connectivity index (χ2v) is 7.79. The first-order valence-corrected chi connectivity index (χ1v) is 10.1. The van der Waals surface area contributed by atoms with E-state index in [-0.39, 0.29) is 17.9 Å². The average Bonchev–Trinajstić information content (AvgIpc) is 3.13. The summed E-state index contributed by atoms with van der Waals surface area (Å²) in [5, 5.41) is 8.45. The lowest BCUT2D eigenvalue weighted by Crippen LogP contribution is -2.36. The molecule has 0 atom stereocenters. The Morgan fingerprint density at radius 3 is 2.70 bits per heavy atom. The number of aryl methyl sites for hydroxylation is 1. The molecule has 3 rings (SSSR count). The van der Waals surface area contributed by atoms with E-state index in [1.165, 1.54) is 30.6 Å². The molecule has 1 aromatic carbocycles. The molecule has 0 saturated heterocycles. The molecule has 1 aliphatic carbocycles. The summed E-state index contributed by atoms with van der Waals surface area (Å²) in [4.78, 5) is 29.1. The third-order valence-corrected chi connectivity index (χ3v) is 5.55. The van der Waals surface area contributed by atoms with Crippen LogP contribution in [0.25, 0.3) is 0 Å². The fourth-order valence-corrected chi connectivity index (χ4v) is 4.00. The van der Waals surface area contributed by atoms with E-state index >= 15 is 0 Å². The molecule has 0 unspecified atom stereocenters. The molecule has 1 heterocycles. The molecule has 1 aromatic heterocycles. The molecule has 0 radical (unpaired) electrons. The summed E-state index contributed by atoms with van der Waals surface area (Å²) < 4.78 is 5.03. The van der Waals surface area contributed by atoms with Gasteiger partial charge in [0.25, 0.3) is 11.8 Å². The number of ether oxygens (including phenoxy) is 1. The zero-order valence-electron chi connectivity index (χ0n) is 15.7. The van der Waals surface area contributed by atoms with E-state index in [9.17, 15) is 9.59 Å². The lowest BCUT2D eigenvalue weighted by atomic mass is 9.95. The minimum absolute atomic E-state index is 0.0495. The quantitative estimate of drug-likeness (QED) is 0.787. The normalized spacial score (nSPS) is 14.7. The molecule has 0 bridgehead atoms. The van der Waals surface area contributed by atoms with Crippen molar-refractivity contribution in [3.8, 4) is 0 Å². The number of thiazole rings is 1. The molecule has 2 amide bonds. The van der Waals surface area contributed by atoms with Crippen molar-refractivity contribution in [3.63, 3.8) is 0 Å². The van der Waals surface area contributed by atoms with Gasteiger partial charge in [-0.3, -0.25) is 9.59 Å². The summed E-state index contributed by atoms with van der Waals surface area (Å²) in [5.74, 6) is -0.317. The van der Waals surface area contributed by atoms with Crippen molar-refractivity contribution in [1.82, 2.24) is 10.3 Å². The largest absolute Gasteiger partial charge is 0.378 e. The van der Waals surface area contributed by atoms with Crippen LogP contribution in [0, 0.1) is 6.92 Å². The highest BCUT2D eigenvalue weighted by atomic mass is 32.1. The molecule has 0 aliphatic heterocycles. The highest BCUT2D eigenvalue weighted by Crippen LogP contribution is 2.21. The van der Waals surface area contributed by atoms with Gasteiger partial charge in [0.1, 0.15) is 10.7 Å². The lowest BCUT2D eigenvalue weighted by Gasteiger charge is -2.23. The van der Waals surface area contributed by atoms with Gasteiger partial charge < -0.3 is 15.4 Å². The Hall–Kier alpha value is -2.25. The van der Waals surface area contributed by atoms with Gasteiger partial charge >= 0.3 is 0 Å². The fraction of sp³-hybridized carbons (Fsp3) is 0.450. The average molecular weight is 388 g/mol. The van der Waals surface area contributed by atoms with E-state index < -0.39 is 0 Å². The smallest absolute Gasteiger partial charge is 0.275 e. The Morgan fingerprint density at radius 2 is 2.00 bits per heavy atom. The number of hydrogen-bond donors (Lipinski definition) is 2. The third-order valence-electron chi connectivity index (χ3n) is 4.73. The van der Waals surface area contributed by atoms with Gasteiger partial charge in [0.2, 0.25) is 0 Å². The maximum Gasteiger partial charge on any atom is 0.275 e. The van der Waals surface area contributed by atoms with Gasteiger partial charge in [-0.2, -0.15) is 0 Å². The van der Waals surface area contributed by atoms with Crippen LogP contribution in [0.2, 0.25) is 0 Å². The van der Waals surface area contributed by atoms with E-state index in [2.05, 4.69) is 15.6 Å². The molecule has 2 aromatic rings. The van der Waals surface area contributed by atoms with E-state index in [4.69, 9.17) is 4.74 Å². The third kappa shape index (κ3) is 5.14. The van der Waals surface area contributed by atoms with Gasteiger partial charge in [0, 0.05) is 29.8 Å². The Kier molecular flexibility index (Phi) is 6.58. The first kappa shape index (κ1) is 19.5. The summed E-state index contributed by atoms with van der Waals surface area (Å²) in [6.45, 7) is 2.27. The van der Waals surface area contributed by atoms with E-state index in [0.29, 0.717) is 23.6 Å². The predicted octanol–water partition coefficient (Wildman–Crippen LogP) is 3.91. The number of rotatable bonds is 6. The van der Waals surface area contributed by atoms with Crippen molar-refractivity contribution >= 4 is 28.8 Å².